The Labute approximate surface area is 94.2 Å². The van der Waals surface area contributed by atoms with Gasteiger partial charge in [-0.05, 0) is 50.5 Å². The molecule has 2 rings (SSSR count). The molecule has 0 spiro atoms. The maximum atomic E-state index is 5.96. The van der Waals surface area contributed by atoms with Gasteiger partial charge in [0, 0.05) is 18.6 Å². The molecule has 2 aliphatic rings. The molecule has 0 aromatic carbocycles. The summed E-state index contributed by atoms with van der Waals surface area (Å²) in [5, 5.41) is 0. The quantitative estimate of drug-likeness (QED) is 0.720. The standard InChI is InChI=1S/C13H26N2/c1-13(2)8-3-9-15(10-13)12-6-4-11(14)5-7-12/h11-12H,3-10,14H2,1-2H3. The van der Waals surface area contributed by atoms with Crippen LogP contribution in [-0.2, 0) is 0 Å². The molecule has 1 saturated heterocycles. The van der Waals surface area contributed by atoms with Gasteiger partial charge in [0.05, 0.1) is 0 Å². The first-order chi connectivity index (χ1) is 7.07. The molecule has 1 aliphatic carbocycles. The summed E-state index contributed by atoms with van der Waals surface area (Å²) < 4.78 is 0. The van der Waals surface area contributed by atoms with Crippen molar-refractivity contribution in [2.75, 3.05) is 13.1 Å². The van der Waals surface area contributed by atoms with E-state index < -0.39 is 0 Å². The molecular weight excluding hydrogens is 184 g/mol. The van der Waals surface area contributed by atoms with Crippen molar-refractivity contribution >= 4 is 0 Å². The van der Waals surface area contributed by atoms with Crippen molar-refractivity contribution in [3.8, 4) is 0 Å². The molecule has 0 aromatic rings. The molecule has 2 nitrogen and oxygen atoms in total. The highest BCUT2D eigenvalue weighted by Crippen LogP contribution is 2.32. The highest BCUT2D eigenvalue weighted by molar-refractivity contribution is 4.87. The van der Waals surface area contributed by atoms with Crippen molar-refractivity contribution in [1.29, 1.82) is 0 Å². The predicted octanol–water partition coefficient (Wildman–Crippen LogP) is 2.38. The summed E-state index contributed by atoms with van der Waals surface area (Å²) in [5.41, 5.74) is 6.50. The second-order valence-corrected chi connectivity index (χ2v) is 6.31. The van der Waals surface area contributed by atoms with Gasteiger partial charge in [-0.15, -0.1) is 0 Å². The highest BCUT2D eigenvalue weighted by Gasteiger charge is 2.31. The molecule has 0 aromatic heterocycles. The first-order valence-electron chi connectivity index (χ1n) is 6.56. The maximum absolute atomic E-state index is 5.96. The van der Waals surface area contributed by atoms with Crippen LogP contribution in [0.5, 0.6) is 0 Å². The Hall–Kier alpha value is -0.0800. The fourth-order valence-electron chi connectivity index (χ4n) is 3.25. The molecule has 2 fully saturated rings. The fourth-order valence-corrected chi connectivity index (χ4v) is 3.25. The van der Waals surface area contributed by atoms with Crippen LogP contribution in [0.3, 0.4) is 0 Å². The van der Waals surface area contributed by atoms with E-state index >= 15 is 0 Å². The number of nitrogens with zero attached hydrogens (tertiary/aromatic N) is 1. The molecule has 1 heterocycles. The molecule has 0 unspecified atom stereocenters. The van der Waals surface area contributed by atoms with E-state index in [1.165, 1.54) is 51.6 Å². The Kier molecular flexibility index (Phi) is 3.36. The summed E-state index contributed by atoms with van der Waals surface area (Å²) in [6, 6.07) is 1.32. The molecule has 1 saturated carbocycles. The van der Waals surface area contributed by atoms with Crippen molar-refractivity contribution in [2.24, 2.45) is 11.1 Å². The van der Waals surface area contributed by atoms with Crippen molar-refractivity contribution in [2.45, 2.75) is 64.5 Å². The Balaban J connectivity index is 1.88. The average Bonchev–Trinajstić information content (AvgIpc) is 2.17. The van der Waals surface area contributed by atoms with Crippen LogP contribution in [0.25, 0.3) is 0 Å². The molecule has 0 atom stereocenters. The largest absolute Gasteiger partial charge is 0.328 e. The van der Waals surface area contributed by atoms with Gasteiger partial charge in [0.1, 0.15) is 0 Å². The molecule has 88 valence electrons. The van der Waals surface area contributed by atoms with Crippen LogP contribution in [0.4, 0.5) is 0 Å². The van der Waals surface area contributed by atoms with Crippen LogP contribution in [0.2, 0.25) is 0 Å². The van der Waals surface area contributed by atoms with E-state index in [9.17, 15) is 0 Å². The third-order valence-corrected chi connectivity index (χ3v) is 4.19. The molecule has 2 heteroatoms. The number of rotatable bonds is 1. The zero-order valence-corrected chi connectivity index (χ0v) is 10.3. The Morgan fingerprint density at radius 2 is 1.80 bits per heavy atom. The molecule has 1 aliphatic heterocycles. The number of nitrogens with two attached hydrogens (primary N) is 1. The molecule has 15 heavy (non-hydrogen) atoms. The number of piperidine rings is 1. The van der Waals surface area contributed by atoms with Crippen LogP contribution in [0.1, 0.15) is 52.4 Å². The summed E-state index contributed by atoms with van der Waals surface area (Å²) in [6.45, 7) is 7.44. The summed E-state index contributed by atoms with van der Waals surface area (Å²) in [6.07, 6.45) is 7.92. The van der Waals surface area contributed by atoms with E-state index in [-0.39, 0.29) is 0 Å². The molecule has 2 N–H and O–H groups in total. The van der Waals surface area contributed by atoms with E-state index in [0.717, 1.165) is 6.04 Å². The molecule has 0 radical (unpaired) electrons. The Morgan fingerprint density at radius 3 is 2.40 bits per heavy atom. The first-order valence-corrected chi connectivity index (χ1v) is 6.56. The van der Waals surface area contributed by atoms with Gasteiger partial charge in [-0.3, -0.25) is 4.90 Å². The minimum absolute atomic E-state index is 0.485. The highest BCUT2D eigenvalue weighted by atomic mass is 15.2. The lowest BCUT2D eigenvalue weighted by molar-refractivity contribution is 0.0592. The van der Waals surface area contributed by atoms with Crippen LogP contribution in [0, 0.1) is 5.41 Å². The topological polar surface area (TPSA) is 29.3 Å². The molecule has 0 bridgehead atoms. The lowest BCUT2D eigenvalue weighted by Crippen LogP contribution is -2.48. The third-order valence-electron chi connectivity index (χ3n) is 4.19. The van der Waals surface area contributed by atoms with Gasteiger partial charge in [0.25, 0.3) is 0 Å². The van der Waals surface area contributed by atoms with Crippen LogP contribution in [0.15, 0.2) is 0 Å². The summed E-state index contributed by atoms with van der Waals surface area (Å²) in [7, 11) is 0. The maximum Gasteiger partial charge on any atom is 0.00966 e. The van der Waals surface area contributed by atoms with Crippen LogP contribution in [-0.4, -0.2) is 30.1 Å². The van der Waals surface area contributed by atoms with Crippen LogP contribution < -0.4 is 5.73 Å². The molecule has 0 amide bonds. The number of hydrogen-bond donors (Lipinski definition) is 1. The van der Waals surface area contributed by atoms with Gasteiger partial charge in [-0.1, -0.05) is 13.8 Å². The predicted molar refractivity (Wildman–Crippen MR) is 64.8 cm³/mol. The van der Waals surface area contributed by atoms with Gasteiger partial charge in [0.15, 0.2) is 0 Å². The Morgan fingerprint density at radius 1 is 1.13 bits per heavy atom. The van der Waals surface area contributed by atoms with Crippen LogP contribution >= 0.6 is 0 Å². The van der Waals surface area contributed by atoms with Gasteiger partial charge < -0.3 is 5.73 Å². The van der Waals surface area contributed by atoms with E-state index in [4.69, 9.17) is 5.73 Å². The SMILES string of the molecule is CC1(C)CCCN(C2CCC(N)CC2)C1. The smallest absolute Gasteiger partial charge is 0.00966 e. The number of hydrogen-bond acceptors (Lipinski definition) is 2. The summed E-state index contributed by atoms with van der Waals surface area (Å²) in [4.78, 5) is 2.73. The van der Waals surface area contributed by atoms with E-state index in [2.05, 4.69) is 18.7 Å². The first kappa shape index (κ1) is 11.4. The van der Waals surface area contributed by atoms with Crippen molar-refractivity contribution < 1.29 is 0 Å². The van der Waals surface area contributed by atoms with E-state index in [0.29, 0.717) is 11.5 Å². The second-order valence-electron chi connectivity index (χ2n) is 6.31. The van der Waals surface area contributed by atoms with Gasteiger partial charge in [-0.25, -0.2) is 0 Å². The minimum atomic E-state index is 0.485. The van der Waals surface area contributed by atoms with Gasteiger partial charge in [0.2, 0.25) is 0 Å². The minimum Gasteiger partial charge on any atom is -0.328 e. The lowest BCUT2D eigenvalue weighted by atomic mass is 9.81. The monoisotopic (exact) mass is 210 g/mol. The molecular formula is C13H26N2. The summed E-state index contributed by atoms with van der Waals surface area (Å²) >= 11 is 0. The third kappa shape index (κ3) is 2.94. The zero-order valence-electron chi connectivity index (χ0n) is 10.3. The average molecular weight is 210 g/mol. The van der Waals surface area contributed by atoms with Gasteiger partial charge >= 0.3 is 0 Å². The van der Waals surface area contributed by atoms with E-state index in [1.807, 2.05) is 0 Å². The number of likely N-dealkylation sites (tertiary alicyclic amines) is 1. The van der Waals surface area contributed by atoms with E-state index in [1.54, 1.807) is 0 Å². The normalized spacial score (nSPS) is 37.8. The van der Waals surface area contributed by atoms with Gasteiger partial charge in [-0.2, -0.15) is 0 Å². The van der Waals surface area contributed by atoms with Crippen molar-refractivity contribution in [3.63, 3.8) is 0 Å². The van der Waals surface area contributed by atoms with Crippen molar-refractivity contribution in [3.05, 3.63) is 0 Å². The zero-order chi connectivity index (χ0) is 10.9. The summed E-state index contributed by atoms with van der Waals surface area (Å²) in [5.74, 6) is 0. The second kappa shape index (κ2) is 4.42. The fraction of sp³-hybridized carbons (Fsp3) is 1.00. The Bertz CT molecular complexity index is 205. The lowest BCUT2D eigenvalue weighted by Gasteiger charge is -2.44. The van der Waals surface area contributed by atoms with Crippen molar-refractivity contribution in [1.82, 2.24) is 4.90 Å².